The predicted octanol–water partition coefficient (Wildman–Crippen LogP) is 4.99. The SMILES string of the molecule is Cc1cc(C)n(-c2ccc(NC(=O)NC3CCSc4ccccc43)cc2F)n1. The van der Waals surface area contributed by atoms with Crippen molar-refractivity contribution in [1.82, 2.24) is 15.1 Å². The smallest absolute Gasteiger partial charge is 0.319 e. The highest BCUT2D eigenvalue weighted by Gasteiger charge is 2.22. The molecule has 0 fully saturated rings. The number of nitrogens with zero attached hydrogens (tertiary/aromatic N) is 2. The number of urea groups is 1. The number of aryl methyl sites for hydroxylation is 2. The normalized spacial score (nSPS) is 15.8. The molecule has 5 nitrogen and oxygen atoms in total. The maximum absolute atomic E-state index is 14.6. The number of anilines is 1. The van der Waals surface area contributed by atoms with Gasteiger partial charge >= 0.3 is 6.03 Å². The summed E-state index contributed by atoms with van der Waals surface area (Å²) in [4.78, 5) is 13.6. The highest BCUT2D eigenvalue weighted by atomic mass is 32.2. The molecule has 28 heavy (non-hydrogen) atoms. The van der Waals surface area contributed by atoms with Gasteiger partial charge in [0.1, 0.15) is 5.69 Å². The molecule has 1 aliphatic rings. The van der Waals surface area contributed by atoms with Crippen molar-refractivity contribution in [2.45, 2.75) is 31.2 Å². The van der Waals surface area contributed by atoms with Crippen LogP contribution in [-0.4, -0.2) is 21.6 Å². The molecule has 7 heteroatoms. The van der Waals surface area contributed by atoms with E-state index >= 15 is 0 Å². The van der Waals surface area contributed by atoms with E-state index in [4.69, 9.17) is 0 Å². The maximum Gasteiger partial charge on any atom is 0.319 e. The summed E-state index contributed by atoms with van der Waals surface area (Å²) in [6.45, 7) is 3.74. The van der Waals surface area contributed by atoms with Crippen LogP contribution in [0.1, 0.15) is 29.4 Å². The molecule has 0 radical (unpaired) electrons. The third-order valence-corrected chi connectivity index (χ3v) is 5.83. The molecular formula is C21H21FN4OS. The number of amides is 2. The van der Waals surface area contributed by atoms with Gasteiger partial charge in [0.15, 0.2) is 5.82 Å². The van der Waals surface area contributed by atoms with Gasteiger partial charge in [-0.2, -0.15) is 5.10 Å². The molecule has 1 unspecified atom stereocenters. The van der Waals surface area contributed by atoms with Crippen LogP contribution in [0, 0.1) is 19.7 Å². The van der Waals surface area contributed by atoms with Crippen molar-refractivity contribution in [3.8, 4) is 5.69 Å². The highest BCUT2D eigenvalue weighted by Crippen LogP contribution is 2.35. The standard InChI is InChI=1S/C21H21FN4OS/c1-13-11-14(2)26(25-13)19-8-7-15(12-17(19)22)23-21(27)24-18-9-10-28-20-6-4-3-5-16(18)20/h3-8,11-12,18H,9-10H2,1-2H3,(H2,23,24,27). The van der Waals surface area contributed by atoms with Crippen LogP contribution in [-0.2, 0) is 0 Å². The lowest BCUT2D eigenvalue weighted by molar-refractivity contribution is 0.248. The van der Waals surface area contributed by atoms with Crippen LogP contribution in [0.15, 0.2) is 53.4 Å². The Bertz CT molecular complexity index is 1030. The first kappa shape index (κ1) is 18.6. The average Bonchev–Trinajstić information content (AvgIpc) is 3.00. The summed E-state index contributed by atoms with van der Waals surface area (Å²) in [6, 6.07) is 14.2. The Labute approximate surface area is 167 Å². The van der Waals surface area contributed by atoms with Crippen molar-refractivity contribution in [2.75, 3.05) is 11.1 Å². The third-order valence-electron chi connectivity index (χ3n) is 4.71. The summed E-state index contributed by atoms with van der Waals surface area (Å²) in [6.07, 6.45) is 0.861. The number of hydrogen-bond acceptors (Lipinski definition) is 3. The molecule has 0 saturated carbocycles. The Kier molecular flexibility index (Phi) is 5.09. The van der Waals surface area contributed by atoms with Gasteiger partial charge < -0.3 is 10.6 Å². The molecule has 144 valence electrons. The number of carbonyl (C=O) groups excluding carboxylic acids is 1. The second kappa shape index (κ2) is 7.67. The van der Waals surface area contributed by atoms with Gasteiger partial charge in [-0.1, -0.05) is 18.2 Å². The zero-order chi connectivity index (χ0) is 19.7. The summed E-state index contributed by atoms with van der Waals surface area (Å²) in [5.74, 6) is 0.511. The molecule has 1 aromatic heterocycles. The molecule has 0 aliphatic carbocycles. The van der Waals surface area contributed by atoms with Crippen molar-refractivity contribution >= 4 is 23.5 Å². The van der Waals surface area contributed by atoms with Gasteiger partial charge in [-0.05, 0) is 56.2 Å². The average molecular weight is 396 g/mol. The van der Waals surface area contributed by atoms with Crippen LogP contribution >= 0.6 is 11.8 Å². The van der Waals surface area contributed by atoms with Crippen molar-refractivity contribution < 1.29 is 9.18 Å². The van der Waals surface area contributed by atoms with E-state index in [1.54, 1.807) is 28.6 Å². The van der Waals surface area contributed by atoms with Gasteiger partial charge in [0.25, 0.3) is 0 Å². The number of nitrogens with one attached hydrogen (secondary N) is 2. The minimum absolute atomic E-state index is 0.0451. The second-order valence-electron chi connectivity index (χ2n) is 6.83. The molecular weight excluding hydrogens is 375 g/mol. The summed E-state index contributed by atoms with van der Waals surface area (Å²) in [7, 11) is 0. The Balaban J connectivity index is 1.47. The van der Waals surface area contributed by atoms with Crippen LogP contribution in [0.2, 0.25) is 0 Å². The quantitative estimate of drug-likeness (QED) is 0.656. The first-order valence-electron chi connectivity index (χ1n) is 9.14. The van der Waals surface area contributed by atoms with E-state index in [1.807, 2.05) is 38.1 Å². The van der Waals surface area contributed by atoms with Crippen molar-refractivity contribution in [3.05, 3.63) is 71.3 Å². The van der Waals surface area contributed by atoms with E-state index in [9.17, 15) is 9.18 Å². The highest BCUT2D eigenvalue weighted by molar-refractivity contribution is 7.99. The molecule has 2 amide bonds. The molecule has 0 bridgehead atoms. The zero-order valence-corrected chi connectivity index (χ0v) is 16.5. The first-order chi connectivity index (χ1) is 13.5. The van der Waals surface area contributed by atoms with E-state index in [-0.39, 0.29) is 12.1 Å². The molecule has 4 rings (SSSR count). The van der Waals surface area contributed by atoms with Crippen LogP contribution in [0.5, 0.6) is 0 Å². The molecule has 1 atom stereocenters. The first-order valence-corrected chi connectivity index (χ1v) is 10.1. The van der Waals surface area contributed by atoms with Crippen LogP contribution in [0.3, 0.4) is 0 Å². The number of hydrogen-bond donors (Lipinski definition) is 2. The Hall–Kier alpha value is -2.80. The van der Waals surface area contributed by atoms with Crippen LogP contribution in [0.25, 0.3) is 5.69 Å². The van der Waals surface area contributed by atoms with Gasteiger partial charge in [-0.25, -0.2) is 13.9 Å². The van der Waals surface area contributed by atoms with E-state index in [2.05, 4.69) is 21.8 Å². The van der Waals surface area contributed by atoms with E-state index in [1.165, 1.54) is 11.0 Å². The fraction of sp³-hybridized carbons (Fsp3) is 0.238. The predicted molar refractivity (Wildman–Crippen MR) is 110 cm³/mol. The number of halogens is 1. The number of benzene rings is 2. The van der Waals surface area contributed by atoms with E-state index in [0.717, 1.165) is 29.1 Å². The monoisotopic (exact) mass is 396 g/mol. The van der Waals surface area contributed by atoms with Gasteiger partial charge in [0, 0.05) is 22.0 Å². The van der Waals surface area contributed by atoms with Gasteiger partial charge in [0.05, 0.1) is 11.7 Å². The largest absolute Gasteiger partial charge is 0.331 e. The topological polar surface area (TPSA) is 59.0 Å². The van der Waals surface area contributed by atoms with Crippen molar-refractivity contribution in [3.63, 3.8) is 0 Å². The van der Waals surface area contributed by atoms with Gasteiger partial charge in [-0.15, -0.1) is 11.8 Å². The number of rotatable bonds is 3. The third kappa shape index (κ3) is 3.75. The number of thioether (sulfide) groups is 1. The maximum atomic E-state index is 14.6. The molecule has 2 N–H and O–H groups in total. The molecule has 0 spiro atoms. The van der Waals surface area contributed by atoms with Crippen LogP contribution < -0.4 is 10.6 Å². The van der Waals surface area contributed by atoms with Crippen LogP contribution in [0.4, 0.5) is 14.9 Å². The summed E-state index contributed by atoms with van der Waals surface area (Å²) >= 11 is 1.80. The number of carbonyl (C=O) groups is 1. The fourth-order valence-electron chi connectivity index (χ4n) is 3.45. The Morgan fingerprint density at radius 1 is 1.21 bits per heavy atom. The molecule has 2 aromatic carbocycles. The van der Waals surface area contributed by atoms with Crippen molar-refractivity contribution in [2.24, 2.45) is 0 Å². The van der Waals surface area contributed by atoms with Gasteiger partial charge in [-0.3, -0.25) is 0 Å². The zero-order valence-electron chi connectivity index (χ0n) is 15.7. The second-order valence-corrected chi connectivity index (χ2v) is 7.97. The fourth-order valence-corrected chi connectivity index (χ4v) is 4.57. The minimum atomic E-state index is -0.441. The van der Waals surface area contributed by atoms with E-state index in [0.29, 0.717) is 11.4 Å². The van der Waals surface area contributed by atoms with E-state index < -0.39 is 5.82 Å². The summed E-state index contributed by atoms with van der Waals surface area (Å²) in [5.41, 5.74) is 3.56. The van der Waals surface area contributed by atoms with Crippen molar-refractivity contribution in [1.29, 1.82) is 0 Å². The lowest BCUT2D eigenvalue weighted by Crippen LogP contribution is -2.34. The lowest BCUT2D eigenvalue weighted by Gasteiger charge is -2.26. The molecule has 2 heterocycles. The minimum Gasteiger partial charge on any atom is -0.331 e. The summed E-state index contributed by atoms with van der Waals surface area (Å²) < 4.78 is 16.2. The Morgan fingerprint density at radius 3 is 2.79 bits per heavy atom. The number of fused-ring (bicyclic) bond motifs is 1. The molecule has 1 aliphatic heterocycles. The number of aromatic nitrogens is 2. The summed E-state index contributed by atoms with van der Waals surface area (Å²) in [5, 5.41) is 10.0. The molecule has 0 saturated heterocycles. The van der Waals surface area contributed by atoms with Gasteiger partial charge in [0.2, 0.25) is 0 Å². The molecule has 3 aromatic rings. The lowest BCUT2D eigenvalue weighted by atomic mass is 10.0. The Morgan fingerprint density at radius 2 is 2.04 bits per heavy atom.